The number of benzene rings is 2. The van der Waals surface area contributed by atoms with Crippen molar-refractivity contribution in [1.29, 1.82) is 0 Å². The zero-order valence-electron chi connectivity index (χ0n) is 18.1. The molecule has 0 aliphatic carbocycles. The third-order valence-electron chi connectivity index (χ3n) is 4.66. The molecule has 0 aliphatic rings. The molecule has 0 aliphatic heterocycles. The Labute approximate surface area is 186 Å². The molecular weight excluding hydrogens is 458 g/mol. The first-order chi connectivity index (χ1) is 14.9. The van der Waals surface area contributed by atoms with Crippen LogP contribution in [-0.2, 0) is 20.0 Å². The zero-order chi connectivity index (χ0) is 23.8. The Kier molecular flexibility index (Phi) is 6.22. The predicted molar refractivity (Wildman–Crippen MR) is 119 cm³/mol. The van der Waals surface area contributed by atoms with Crippen molar-refractivity contribution >= 4 is 42.6 Å². The van der Waals surface area contributed by atoms with E-state index in [0.29, 0.717) is 11.0 Å². The Morgan fingerprint density at radius 1 is 1.00 bits per heavy atom. The van der Waals surface area contributed by atoms with Gasteiger partial charge < -0.3 is 14.1 Å². The van der Waals surface area contributed by atoms with Crippen molar-refractivity contribution in [2.45, 2.75) is 9.79 Å². The molecule has 1 heterocycles. The minimum absolute atomic E-state index is 0.228. The van der Waals surface area contributed by atoms with E-state index in [1.54, 1.807) is 12.1 Å². The van der Waals surface area contributed by atoms with E-state index in [4.69, 9.17) is 9.15 Å². The van der Waals surface area contributed by atoms with Crippen molar-refractivity contribution < 1.29 is 30.8 Å². The molecule has 10 nitrogen and oxygen atoms in total. The maximum atomic E-state index is 13.1. The largest absolute Gasteiger partial charge is 0.495 e. The van der Waals surface area contributed by atoms with Gasteiger partial charge in [-0.25, -0.2) is 25.9 Å². The van der Waals surface area contributed by atoms with E-state index in [1.807, 2.05) is 29.8 Å². The number of sulfonamides is 2. The summed E-state index contributed by atoms with van der Waals surface area (Å²) in [6.45, 7) is 0. The van der Waals surface area contributed by atoms with Gasteiger partial charge in [0.1, 0.15) is 21.1 Å². The zero-order valence-corrected chi connectivity index (χ0v) is 19.7. The van der Waals surface area contributed by atoms with Crippen molar-refractivity contribution in [3.8, 4) is 5.75 Å². The standard InChI is InChI=1S/C20H23N3O7S2/c1-22(2)14-10-9-13-11-17(30-16(13)12-14)20(24)21-31(25,26)19-15(29-5)7-6-8-18(19)32(27,28)23(3)4/h6-12H,1-5H3,(H,21,24). The molecule has 0 radical (unpaired) electrons. The second-order valence-electron chi connectivity index (χ2n) is 7.24. The van der Waals surface area contributed by atoms with Gasteiger partial charge in [0, 0.05) is 45.3 Å². The highest BCUT2D eigenvalue weighted by molar-refractivity contribution is 7.92. The van der Waals surface area contributed by atoms with Gasteiger partial charge in [-0.2, -0.15) is 0 Å². The van der Waals surface area contributed by atoms with Gasteiger partial charge in [0.2, 0.25) is 10.0 Å². The third-order valence-corrected chi connectivity index (χ3v) is 8.06. The minimum atomic E-state index is -4.66. The van der Waals surface area contributed by atoms with Crippen molar-refractivity contribution in [3.05, 3.63) is 48.2 Å². The van der Waals surface area contributed by atoms with Crippen LogP contribution in [0, 0.1) is 0 Å². The number of nitrogens with one attached hydrogen (secondary N) is 1. The monoisotopic (exact) mass is 481 g/mol. The number of methoxy groups -OCH3 is 1. The topological polar surface area (TPSA) is 126 Å². The lowest BCUT2D eigenvalue weighted by molar-refractivity contribution is 0.0956. The van der Waals surface area contributed by atoms with Crippen molar-refractivity contribution in [2.24, 2.45) is 0 Å². The highest BCUT2D eigenvalue weighted by Gasteiger charge is 2.33. The number of amides is 1. The molecule has 3 aromatic rings. The fourth-order valence-corrected chi connectivity index (χ4v) is 5.77. The summed E-state index contributed by atoms with van der Waals surface area (Å²) in [4.78, 5) is 13.4. The Hall–Kier alpha value is -3.09. The van der Waals surface area contributed by atoms with E-state index in [2.05, 4.69) is 0 Å². The summed E-state index contributed by atoms with van der Waals surface area (Å²) in [5.74, 6) is -1.52. The van der Waals surface area contributed by atoms with Crippen LogP contribution in [0.2, 0.25) is 0 Å². The van der Waals surface area contributed by atoms with Gasteiger partial charge in [-0.05, 0) is 30.3 Å². The van der Waals surface area contributed by atoms with Crippen LogP contribution in [0.4, 0.5) is 5.69 Å². The molecule has 0 atom stereocenters. The van der Waals surface area contributed by atoms with Crippen LogP contribution in [0.5, 0.6) is 5.75 Å². The van der Waals surface area contributed by atoms with Crippen molar-refractivity contribution in [1.82, 2.24) is 9.03 Å². The molecule has 0 spiro atoms. The third kappa shape index (κ3) is 4.29. The number of carbonyl (C=O) groups is 1. The molecule has 0 saturated carbocycles. The predicted octanol–water partition coefficient (Wildman–Crippen LogP) is 1.88. The summed E-state index contributed by atoms with van der Waals surface area (Å²) in [6, 6.07) is 10.4. The summed E-state index contributed by atoms with van der Waals surface area (Å²) < 4.78 is 65.0. The van der Waals surface area contributed by atoms with Crippen LogP contribution in [0.25, 0.3) is 11.0 Å². The van der Waals surface area contributed by atoms with Crippen LogP contribution < -0.4 is 14.4 Å². The average molecular weight is 482 g/mol. The van der Waals surface area contributed by atoms with Gasteiger partial charge in [-0.3, -0.25) is 4.79 Å². The number of rotatable bonds is 7. The quantitative estimate of drug-likeness (QED) is 0.542. The lowest BCUT2D eigenvalue weighted by Crippen LogP contribution is -2.33. The summed E-state index contributed by atoms with van der Waals surface area (Å²) in [5.41, 5.74) is 1.23. The molecule has 1 aromatic heterocycles. The number of ether oxygens (including phenoxy) is 1. The van der Waals surface area contributed by atoms with Crippen LogP contribution >= 0.6 is 0 Å². The molecule has 172 valence electrons. The smallest absolute Gasteiger partial charge is 0.300 e. The van der Waals surface area contributed by atoms with E-state index in [-0.39, 0.29) is 11.5 Å². The van der Waals surface area contributed by atoms with Gasteiger partial charge in [-0.1, -0.05) is 6.07 Å². The van der Waals surface area contributed by atoms with Crippen LogP contribution in [0.1, 0.15) is 10.6 Å². The van der Waals surface area contributed by atoms with E-state index in [9.17, 15) is 21.6 Å². The van der Waals surface area contributed by atoms with E-state index >= 15 is 0 Å². The number of fused-ring (bicyclic) bond motifs is 1. The van der Waals surface area contributed by atoms with Crippen LogP contribution in [0.3, 0.4) is 0 Å². The molecule has 0 bridgehead atoms. The highest BCUT2D eigenvalue weighted by atomic mass is 32.2. The minimum Gasteiger partial charge on any atom is -0.495 e. The maximum absolute atomic E-state index is 13.1. The first kappa shape index (κ1) is 23.6. The molecule has 0 fully saturated rings. The number of carbonyl (C=O) groups excluding carboxylic acids is 1. The molecule has 0 unspecified atom stereocenters. The van der Waals surface area contributed by atoms with Crippen molar-refractivity contribution in [3.63, 3.8) is 0 Å². The number of nitrogens with zero attached hydrogens (tertiary/aromatic N) is 2. The summed E-state index contributed by atoms with van der Waals surface area (Å²) in [7, 11) is -1.40. The van der Waals surface area contributed by atoms with E-state index < -0.39 is 35.7 Å². The van der Waals surface area contributed by atoms with E-state index in [0.717, 1.165) is 16.1 Å². The SMILES string of the molecule is COc1cccc(S(=O)(=O)N(C)C)c1S(=O)(=O)NC(=O)c1cc2ccc(N(C)C)cc2o1. The molecule has 12 heteroatoms. The molecule has 32 heavy (non-hydrogen) atoms. The van der Waals surface area contributed by atoms with Crippen LogP contribution in [0.15, 0.2) is 56.7 Å². The Morgan fingerprint density at radius 3 is 2.28 bits per heavy atom. The molecule has 2 aromatic carbocycles. The Bertz CT molecular complexity index is 1390. The second-order valence-corrected chi connectivity index (χ2v) is 11.0. The molecular formula is C20H23N3O7S2. The average Bonchev–Trinajstić information content (AvgIpc) is 3.16. The number of furan rings is 1. The summed E-state index contributed by atoms with van der Waals surface area (Å²) in [6.07, 6.45) is 0. The maximum Gasteiger partial charge on any atom is 0.300 e. The van der Waals surface area contributed by atoms with Gasteiger partial charge in [0.25, 0.3) is 10.0 Å². The van der Waals surface area contributed by atoms with Crippen LogP contribution in [-0.4, -0.2) is 62.3 Å². The number of anilines is 1. The molecule has 1 amide bonds. The molecule has 1 N–H and O–H groups in total. The van der Waals surface area contributed by atoms with E-state index in [1.165, 1.54) is 39.4 Å². The molecule has 3 rings (SSSR count). The highest BCUT2D eigenvalue weighted by Crippen LogP contribution is 2.32. The summed E-state index contributed by atoms with van der Waals surface area (Å²) >= 11 is 0. The van der Waals surface area contributed by atoms with Crippen molar-refractivity contribution in [2.75, 3.05) is 40.2 Å². The van der Waals surface area contributed by atoms with Gasteiger partial charge in [0.15, 0.2) is 5.76 Å². The first-order valence-electron chi connectivity index (χ1n) is 9.26. The second kappa shape index (κ2) is 8.45. The summed E-state index contributed by atoms with van der Waals surface area (Å²) in [5, 5.41) is 0.603. The van der Waals surface area contributed by atoms with Gasteiger partial charge in [-0.15, -0.1) is 0 Å². The number of hydrogen-bond donors (Lipinski definition) is 1. The Morgan fingerprint density at radius 2 is 1.69 bits per heavy atom. The molecule has 0 saturated heterocycles. The normalized spacial score (nSPS) is 12.2. The number of hydrogen-bond acceptors (Lipinski definition) is 8. The first-order valence-corrected chi connectivity index (χ1v) is 12.2. The van der Waals surface area contributed by atoms with Gasteiger partial charge >= 0.3 is 5.91 Å². The van der Waals surface area contributed by atoms with Gasteiger partial charge in [0.05, 0.1) is 7.11 Å². The fourth-order valence-electron chi connectivity index (χ4n) is 2.95. The Balaban J connectivity index is 2.05. The lowest BCUT2D eigenvalue weighted by atomic mass is 10.2. The lowest BCUT2D eigenvalue weighted by Gasteiger charge is -2.17. The fraction of sp³-hybridized carbons (Fsp3) is 0.250.